The lowest BCUT2D eigenvalue weighted by Crippen LogP contribution is -2.00. The predicted molar refractivity (Wildman–Crippen MR) is 72.7 cm³/mol. The zero-order valence-corrected chi connectivity index (χ0v) is 12.1. The highest BCUT2D eigenvalue weighted by Gasteiger charge is 2.09. The van der Waals surface area contributed by atoms with E-state index in [0.717, 1.165) is 6.20 Å². The van der Waals surface area contributed by atoms with Crippen molar-refractivity contribution in [1.82, 2.24) is 25.4 Å². The molecular formula is C10H15N5O6S. The molecule has 0 radical (unpaired) electrons. The lowest BCUT2D eigenvalue weighted by Gasteiger charge is -2.07. The van der Waals surface area contributed by atoms with Crippen LogP contribution < -0.4 is 0 Å². The topological polar surface area (TPSA) is 182 Å². The summed E-state index contributed by atoms with van der Waals surface area (Å²) in [6.07, 6.45) is 7.97. The van der Waals surface area contributed by atoms with Gasteiger partial charge >= 0.3 is 16.4 Å². The maximum Gasteiger partial charge on any atom is 0.394 e. The van der Waals surface area contributed by atoms with Gasteiger partial charge in [-0.3, -0.25) is 9.11 Å². The Bertz CT molecular complexity index is 652. The molecule has 5 N–H and O–H groups in total. The fourth-order valence-electron chi connectivity index (χ4n) is 1.68. The summed E-state index contributed by atoms with van der Waals surface area (Å²) in [7, 11) is -4.67. The van der Waals surface area contributed by atoms with Crippen LogP contribution in [-0.2, 0) is 23.2 Å². The number of H-pyrrole nitrogens is 2. The Morgan fingerprint density at radius 2 is 1.86 bits per heavy atom. The van der Waals surface area contributed by atoms with Crippen LogP contribution in [0.15, 0.2) is 12.5 Å². The Morgan fingerprint density at radius 3 is 2.32 bits per heavy atom. The number of aromatic amines is 2. The first kappa shape index (κ1) is 17.7. The summed E-state index contributed by atoms with van der Waals surface area (Å²) in [4.78, 5) is 17.3. The molecule has 22 heavy (non-hydrogen) atoms. The number of carboxylic acids is 1. The Hall–Kier alpha value is -2.31. The van der Waals surface area contributed by atoms with Crippen molar-refractivity contribution in [3.63, 3.8) is 0 Å². The molecule has 2 heterocycles. The minimum atomic E-state index is -4.67. The number of aryl methyl sites for hydroxylation is 2. The van der Waals surface area contributed by atoms with Crippen LogP contribution in [-0.4, -0.2) is 54.0 Å². The van der Waals surface area contributed by atoms with E-state index >= 15 is 0 Å². The van der Waals surface area contributed by atoms with Gasteiger partial charge in [-0.2, -0.15) is 18.7 Å². The molecule has 0 amide bonds. The molecule has 0 spiro atoms. The molecule has 0 unspecified atom stereocenters. The molecule has 1 aliphatic rings. The molecule has 122 valence electrons. The summed E-state index contributed by atoms with van der Waals surface area (Å²) < 4.78 is 31.6. The minimum absolute atomic E-state index is 0.0648. The van der Waals surface area contributed by atoms with Crippen LogP contribution in [0.3, 0.4) is 0 Å². The number of hydrogen-bond donors (Lipinski definition) is 5. The molecule has 1 aliphatic carbocycles. The molecule has 2 aromatic heterocycles. The Labute approximate surface area is 125 Å². The molecule has 0 aliphatic heterocycles. The zero-order valence-electron chi connectivity index (χ0n) is 11.3. The molecule has 3 rings (SSSR count). The highest BCUT2D eigenvalue weighted by molar-refractivity contribution is 7.79. The number of aromatic carboxylic acids is 1. The van der Waals surface area contributed by atoms with Gasteiger partial charge in [0.1, 0.15) is 0 Å². The van der Waals surface area contributed by atoms with E-state index in [2.05, 4.69) is 25.4 Å². The number of imidazole rings is 1. The van der Waals surface area contributed by atoms with E-state index in [1.165, 1.54) is 37.1 Å². The average molecular weight is 333 g/mol. The fraction of sp³-hybridized carbons (Fsp3) is 0.400. The second kappa shape index (κ2) is 8.21. The van der Waals surface area contributed by atoms with Crippen LogP contribution in [0.1, 0.15) is 34.7 Å². The SMILES string of the molecule is O=C(O)c1cn[nH]n1.O=S(=O)(O)O.c1nc2c([nH]1)CCCC2. The van der Waals surface area contributed by atoms with Crippen LogP contribution in [0.25, 0.3) is 0 Å². The van der Waals surface area contributed by atoms with E-state index < -0.39 is 16.4 Å². The number of rotatable bonds is 1. The molecule has 2 aromatic rings. The summed E-state index contributed by atoms with van der Waals surface area (Å²) in [5.74, 6) is -1.07. The largest absolute Gasteiger partial charge is 0.476 e. The van der Waals surface area contributed by atoms with Crippen molar-refractivity contribution in [2.45, 2.75) is 25.7 Å². The van der Waals surface area contributed by atoms with Gasteiger partial charge in [0.25, 0.3) is 0 Å². The maximum atomic E-state index is 9.94. The van der Waals surface area contributed by atoms with Gasteiger partial charge in [0.2, 0.25) is 0 Å². The number of nitrogens with zero attached hydrogens (tertiary/aromatic N) is 3. The lowest BCUT2D eigenvalue weighted by molar-refractivity contribution is 0.0690. The number of carboxylic acid groups (broad SMARTS) is 1. The van der Waals surface area contributed by atoms with Crippen LogP contribution in [0.4, 0.5) is 0 Å². The van der Waals surface area contributed by atoms with Crippen LogP contribution in [0.5, 0.6) is 0 Å². The number of nitrogens with one attached hydrogen (secondary N) is 2. The standard InChI is InChI=1S/C7H10N2.C3H3N3O2.H2O4S/c1-2-4-7-6(3-1)8-5-9-7;7-3(8)2-1-4-6-5-2;1-5(2,3)4/h5H,1-4H2,(H,8,9);1H,(H,7,8)(H,4,5,6);(H2,1,2,3,4). The van der Waals surface area contributed by atoms with Crippen molar-refractivity contribution < 1.29 is 27.4 Å². The van der Waals surface area contributed by atoms with Gasteiger partial charge in [-0.25, -0.2) is 9.78 Å². The first-order chi connectivity index (χ1) is 10.3. The number of hydrogen-bond acceptors (Lipinski definition) is 6. The monoisotopic (exact) mass is 333 g/mol. The Balaban J connectivity index is 0.000000173. The number of carbonyl (C=O) groups is 1. The third-order valence-corrected chi connectivity index (χ3v) is 2.53. The summed E-state index contributed by atoms with van der Waals surface area (Å²) in [5.41, 5.74) is 2.59. The summed E-state index contributed by atoms with van der Waals surface area (Å²) in [5, 5.41) is 16.9. The van der Waals surface area contributed by atoms with Gasteiger partial charge in [-0.05, 0) is 25.7 Å². The molecule has 0 atom stereocenters. The van der Waals surface area contributed by atoms with E-state index in [4.69, 9.17) is 22.6 Å². The summed E-state index contributed by atoms with van der Waals surface area (Å²) in [6.45, 7) is 0. The third kappa shape index (κ3) is 7.47. The van der Waals surface area contributed by atoms with E-state index in [9.17, 15) is 4.79 Å². The van der Waals surface area contributed by atoms with Gasteiger partial charge in [-0.1, -0.05) is 0 Å². The van der Waals surface area contributed by atoms with Crippen LogP contribution >= 0.6 is 0 Å². The van der Waals surface area contributed by atoms with E-state index in [1.54, 1.807) is 6.33 Å². The van der Waals surface area contributed by atoms with Crippen LogP contribution in [0.2, 0.25) is 0 Å². The third-order valence-electron chi connectivity index (χ3n) is 2.53. The molecule has 12 heteroatoms. The van der Waals surface area contributed by atoms with Crippen molar-refractivity contribution in [2.24, 2.45) is 0 Å². The number of aromatic nitrogens is 5. The maximum absolute atomic E-state index is 9.94. The highest BCUT2D eigenvalue weighted by atomic mass is 32.3. The zero-order chi connectivity index (χ0) is 16.6. The predicted octanol–water partition coefficient (Wildman–Crippen LogP) is 0.139. The van der Waals surface area contributed by atoms with Crippen LogP contribution in [0, 0.1) is 0 Å². The molecule has 0 saturated carbocycles. The second-order valence-electron chi connectivity index (χ2n) is 4.14. The number of fused-ring (bicyclic) bond motifs is 1. The van der Waals surface area contributed by atoms with Crippen molar-refractivity contribution in [1.29, 1.82) is 0 Å². The quantitative estimate of drug-likeness (QED) is 0.453. The lowest BCUT2D eigenvalue weighted by atomic mass is 10.0. The second-order valence-corrected chi connectivity index (χ2v) is 5.04. The van der Waals surface area contributed by atoms with Crippen molar-refractivity contribution in [2.75, 3.05) is 0 Å². The molecule has 0 saturated heterocycles. The molecule has 0 bridgehead atoms. The highest BCUT2D eigenvalue weighted by Crippen LogP contribution is 2.16. The Kier molecular flexibility index (Phi) is 6.62. The summed E-state index contributed by atoms with van der Waals surface area (Å²) in [6, 6.07) is 0. The van der Waals surface area contributed by atoms with Crippen molar-refractivity contribution in [3.8, 4) is 0 Å². The van der Waals surface area contributed by atoms with Crippen molar-refractivity contribution >= 4 is 16.4 Å². The molecule has 0 fully saturated rings. The minimum Gasteiger partial charge on any atom is -0.476 e. The molecular weight excluding hydrogens is 318 g/mol. The van der Waals surface area contributed by atoms with Gasteiger partial charge in [0.15, 0.2) is 5.69 Å². The van der Waals surface area contributed by atoms with Gasteiger partial charge in [0.05, 0.1) is 18.2 Å². The van der Waals surface area contributed by atoms with E-state index in [0.29, 0.717) is 0 Å². The normalized spacial score (nSPS) is 13.0. The fourth-order valence-corrected chi connectivity index (χ4v) is 1.68. The first-order valence-corrected chi connectivity index (χ1v) is 7.47. The molecule has 11 nitrogen and oxygen atoms in total. The van der Waals surface area contributed by atoms with Gasteiger partial charge < -0.3 is 10.1 Å². The van der Waals surface area contributed by atoms with E-state index in [1.807, 2.05) is 0 Å². The van der Waals surface area contributed by atoms with Gasteiger partial charge in [-0.15, -0.1) is 5.10 Å². The van der Waals surface area contributed by atoms with Crippen molar-refractivity contribution in [3.05, 3.63) is 29.6 Å². The summed E-state index contributed by atoms with van der Waals surface area (Å²) >= 11 is 0. The van der Waals surface area contributed by atoms with E-state index in [-0.39, 0.29) is 5.69 Å². The average Bonchev–Trinajstić information content (AvgIpc) is 3.09. The van der Waals surface area contributed by atoms with Gasteiger partial charge in [0, 0.05) is 5.69 Å². The smallest absolute Gasteiger partial charge is 0.394 e. The first-order valence-electron chi connectivity index (χ1n) is 6.07. The Morgan fingerprint density at radius 1 is 1.23 bits per heavy atom. The molecule has 0 aromatic carbocycles.